The first-order valence-corrected chi connectivity index (χ1v) is 12.6. The van der Waals surface area contributed by atoms with Gasteiger partial charge in [-0.05, 0) is 77.8 Å². The minimum Gasteiger partial charge on any atom is -0.375 e. The number of hydrogen-bond donors (Lipinski definition) is 0. The van der Waals surface area contributed by atoms with Gasteiger partial charge in [-0.15, -0.1) is 5.10 Å². The van der Waals surface area contributed by atoms with Gasteiger partial charge in [0.05, 0.1) is 22.4 Å². The Kier molecular flexibility index (Phi) is 9.69. The lowest BCUT2D eigenvalue weighted by Gasteiger charge is -2.30. The molecule has 1 aromatic heterocycles. The van der Waals surface area contributed by atoms with E-state index >= 15 is 0 Å². The van der Waals surface area contributed by atoms with E-state index in [0.29, 0.717) is 12.5 Å². The van der Waals surface area contributed by atoms with Crippen molar-refractivity contribution in [2.45, 2.75) is 111 Å². The Bertz CT molecular complexity index is 835. The van der Waals surface area contributed by atoms with Gasteiger partial charge in [0.2, 0.25) is 0 Å². The lowest BCUT2D eigenvalue weighted by Crippen LogP contribution is -2.33. The maximum absolute atomic E-state index is 6.32. The normalized spacial score (nSPS) is 13.2. The third-order valence-electron chi connectivity index (χ3n) is 6.20. The van der Waals surface area contributed by atoms with Gasteiger partial charge in [0.25, 0.3) is 0 Å². The molecule has 0 spiro atoms. The fourth-order valence-electron chi connectivity index (χ4n) is 3.88. The Hall–Kier alpha value is -1.72. The highest BCUT2D eigenvalue weighted by atomic mass is 16.5. The summed E-state index contributed by atoms with van der Waals surface area (Å²) in [7, 11) is 0. The molecule has 0 radical (unpaired) electrons. The molecule has 1 heterocycles. The quantitative estimate of drug-likeness (QED) is 0.330. The molecule has 33 heavy (non-hydrogen) atoms. The van der Waals surface area contributed by atoms with E-state index in [9.17, 15) is 0 Å². The Balaban J connectivity index is 1.84. The molecule has 186 valence electrons. The van der Waals surface area contributed by atoms with Crippen LogP contribution in [0.2, 0.25) is 0 Å². The third-order valence-corrected chi connectivity index (χ3v) is 6.20. The number of hydrogen-bond acceptors (Lipinski definition) is 4. The van der Waals surface area contributed by atoms with Crippen LogP contribution in [0, 0.1) is 5.92 Å². The van der Waals surface area contributed by atoms with Gasteiger partial charge in [0.1, 0.15) is 0 Å². The minimum absolute atomic E-state index is 0.123. The van der Waals surface area contributed by atoms with E-state index in [0.717, 1.165) is 44.4 Å². The standard InChI is InChI=1S/C28H47N3O2/c1-10-25-21-31(30-29-25)26(4,5)16-18-33-28(8,9)20-24-13-11-23(12-14-24)19-27(6,7)32-17-15-22(2)3/h11-14,21-22H,10,15-20H2,1-9H3. The zero-order valence-corrected chi connectivity index (χ0v) is 22.6. The molecule has 0 amide bonds. The molecule has 0 atom stereocenters. The molecule has 2 aromatic rings. The summed E-state index contributed by atoms with van der Waals surface area (Å²) < 4.78 is 14.4. The smallest absolute Gasteiger partial charge is 0.0824 e. The van der Waals surface area contributed by atoms with Crippen molar-refractivity contribution in [1.29, 1.82) is 0 Å². The summed E-state index contributed by atoms with van der Waals surface area (Å²) in [4.78, 5) is 0. The molecule has 0 aliphatic carbocycles. The van der Waals surface area contributed by atoms with Crippen LogP contribution in [0.4, 0.5) is 0 Å². The lowest BCUT2D eigenvalue weighted by atomic mass is 9.94. The Morgan fingerprint density at radius 2 is 1.36 bits per heavy atom. The van der Waals surface area contributed by atoms with Gasteiger partial charge in [-0.25, -0.2) is 4.68 Å². The summed E-state index contributed by atoms with van der Waals surface area (Å²) in [6, 6.07) is 8.93. The fraction of sp³-hybridized carbons (Fsp3) is 0.714. The average Bonchev–Trinajstić information content (AvgIpc) is 3.18. The van der Waals surface area contributed by atoms with Gasteiger partial charge in [-0.1, -0.05) is 50.3 Å². The zero-order valence-electron chi connectivity index (χ0n) is 22.6. The van der Waals surface area contributed by atoms with E-state index in [4.69, 9.17) is 9.47 Å². The van der Waals surface area contributed by atoms with E-state index in [2.05, 4.69) is 96.9 Å². The van der Waals surface area contributed by atoms with Crippen molar-refractivity contribution in [3.8, 4) is 0 Å². The van der Waals surface area contributed by atoms with Crippen molar-refractivity contribution < 1.29 is 9.47 Å². The van der Waals surface area contributed by atoms with Gasteiger partial charge < -0.3 is 9.47 Å². The second kappa shape index (κ2) is 11.6. The molecule has 5 heteroatoms. The molecular formula is C28H47N3O2. The van der Waals surface area contributed by atoms with E-state index in [1.165, 1.54) is 11.1 Å². The molecule has 0 saturated carbocycles. The summed E-state index contributed by atoms with van der Waals surface area (Å²) >= 11 is 0. The molecule has 0 aliphatic heterocycles. The Labute approximate surface area is 202 Å². The van der Waals surface area contributed by atoms with Crippen molar-refractivity contribution in [3.05, 3.63) is 47.3 Å². The first-order valence-electron chi connectivity index (χ1n) is 12.6. The highest BCUT2D eigenvalue weighted by Crippen LogP contribution is 2.24. The molecule has 0 fully saturated rings. The number of nitrogens with zero attached hydrogens (tertiary/aromatic N) is 3. The highest BCUT2D eigenvalue weighted by molar-refractivity contribution is 5.24. The van der Waals surface area contributed by atoms with Crippen molar-refractivity contribution in [3.63, 3.8) is 0 Å². The largest absolute Gasteiger partial charge is 0.375 e. The minimum atomic E-state index is -0.228. The van der Waals surface area contributed by atoms with Crippen molar-refractivity contribution in [1.82, 2.24) is 15.0 Å². The molecule has 1 aromatic carbocycles. The molecule has 2 rings (SSSR count). The van der Waals surface area contributed by atoms with Crippen LogP contribution in [-0.2, 0) is 34.3 Å². The monoisotopic (exact) mass is 457 g/mol. The molecule has 0 saturated heterocycles. The lowest BCUT2D eigenvalue weighted by molar-refractivity contribution is -0.0283. The SMILES string of the molecule is CCc1cn(C(C)(C)CCOC(C)(C)Cc2ccc(CC(C)(C)OCCC(C)C)cc2)nn1. The second-order valence-corrected chi connectivity index (χ2v) is 11.6. The van der Waals surface area contributed by atoms with Gasteiger partial charge in [0.15, 0.2) is 0 Å². The van der Waals surface area contributed by atoms with Gasteiger partial charge in [-0.2, -0.15) is 0 Å². The maximum Gasteiger partial charge on any atom is 0.0824 e. The highest BCUT2D eigenvalue weighted by Gasteiger charge is 2.25. The number of ether oxygens (including phenoxy) is 2. The Morgan fingerprint density at radius 3 is 1.82 bits per heavy atom. The molecule has 0 N–H and O–H groups in total. The van der Waals surface area contributed by atoms with Crippen LogP contribution in [0.3, 0.4) is 0 Å². The number of aromatic nitrogens is 3. The van der Waals surface area contributed by atoms with E-state index in [1.54, 1.807) is 0 Å². The van der Waals surface area contributed by atoms with E-state index in [1.807, 2.05) is 10.9 Å². The van der Waals surface area contributed by atoms with Crippen molar-refractivity contribution >= 4 is 0 Å². The van der Waals surface area contributed by atoms with Crippen LogP contribution < -0.4 is 0 Å². The van der Waals surface area contributed by atoms with Crippen LogP contribution in [0.5, 0.6) is 0 Å². The number of benzene rings is 1. The van der Waals surface area contributed by atoms with Crippen LogP contribution in [-0.4, -0.2) is 39.4 Å². The van der Waals surface area contributed by atoms with Crippen LogP contribution in [0.15, 0.2) is 30.5 Å². The van der Waals surface area contributed by atoms with Crippen LogP contribution in [0.25, 0.3) is 0 Å². The summed E-state index contributed by atoms with van der Waals surface area (Å²) in [5.74, 6) is 0.674. The summed E-state index contributed by atoms with van der Waals surface area (Å²) in [6.45, 7) is 21.2. The number of rotatable bonds is 14. The summed E-state index contributed by atoms with van der Waals surface area (Å²) in [5.41, 5.74) is 3.14. The van der Waals surface area contributed by atoms with Crippen LogP contribution >= 0.6 is 0 Å². The number of aryl methyl sites for hydroxylation is 1. The average molecular weight is 458 g/mol. The fourth-order valence-corrected chi connectivity index (χ4v) is 3.88. The van der Waals surface area contributed by atoms with Gasteiger partial charge >= 0.3 is 0 Å². The van der Waals surface area contributed by atoms with Crippen molar-refractivity contribution in [2.75, 3.05) is 13.2 Å². The topological polar surface area (TPSA) is 49.2 Å². The van der Waals surface area contributed by atoms with Crippen LogP contribution in [0.1, 0.15) is 92.0 Å². The molecule has 0 bridgehead atoms. The van der Waals surface area contributed by atoms with E-state index < -0.39 is 0 Å². The summed E-state index contributed by atoms with van der Waals surface area (Å²) in [5, 5.41) is 8.53. The van der Waals surface area contributed by atoms with E-state index in [-0.39, 0.29) is 16.7 Å². The van der Waals surface area contributed by atoms with Gasteiger partial charge in [-0.3, -0.25) is 0 Å². The molecule has 5 nitrogen and oxygen atoms in total. The molecule has 0 aliphatic rings. The van der Waals surface area contributed by atoms with Crippen molar-refractivity contribution in [2.24, 2.45) is 5.92 Å². The Morgan fingerprint density at radius 1 is 0.848 bits per heavy atom. The molecular weight excluding hydrogens is 410 g/mol. The first-order chi connectivity index (χ1) is 15.3. The second-order valence-electron chi connectivity index (χ2n) is 11.6. The predicted molar refractivity (Wildman–Crippen MR) is 137 cm³/mol. The van der Waals surface area contributed by atoms with Gasteiger partial charge in [0, 0.05) is 32.3 Å². The zero-order chi connectivity index (χ0) is 24.7. The molecule has 0 unspecified atom stereocenters. The third kappa shape index (κ3) is 9.58. The summed E-state index contributed by atoms with van der Waals surface area (Å²) in [6.07, 6.45) is 6.74. The predicted octanol–water partition coefficient (Wildman–Crippen LogP) is 6.39. The first kappa shape index (κ1) is 27.5. The maximum atomic E-state index is 6.32.